The van der Waals surface area contributed by atoms with Crippen LogP contribution in [0.25, 0.3) is 0 Å². The lowest BCUT2D eigenvalue weighted by Crippen LogP contribution is -2.42. The van der Waals surface area contributed by atoms with Crippen LogP contribution in [-0.2, 0) is 24.2 Å². The summed E-state index contributed by atoms with van der Waals surface area (Å²) in [6, 6.07) is 0. The molecular formula is C18H34IN7O2. The second-order valence-corrected chi connectivity index (χ2v) is 7.55. The number of amides is 1. The van der Waals surface area contributed by atoms with Gasteiger partial charge >= 0.3 is 6.09 Å². The lowest BCUT2D eigenvalue weighted by molar-refractivity contribution is 0.0529. The summed E-state index contributed by atoms with van der Waals surface area (Å²) in [5.74, 6) is 2.66. The Kier molecular flexibility index (Phi) is 10.5. The zero-order valence-electron chi connectivity index (χ0n) is 17.4. The topological polar surface area (TPSA) is 105 Å². The first kappa shape index (κ1) is 24.4. The van der Waals surface area contributed by atoms with E-state index in [1.165, 1.54) is 12.8 Å². The van der Waals surface area contributed by atoms with Gasteiger partial charge in [-0.3, -0.25) is 0 Å². The highest BCUT2D eigenvalue weighted by Crippen LogP contribution is 2.14. The molecular weight excluding hydrogens is 473 g/mol. The maximum absolute atomic E-state index is 11.6. The smallest absolute Gasteiger partial charge is 0.407 e. The van der Waals surface area contributed by atoms with E-state index in [-0.39, 0.29) is 24.0 Å². The molecule has 0 saturated heterocycles. The summed E-state index contributed by atoms with van der Waals surface area (Å²) >= 11 is 0. The molecule has 10 heteroatoms. The van der Waals surface area contributed by atoms with Crippen molar-refractivity contribution in [1.29, 1.82) is 0 Å². The van der Waals surface area contributed by atoms with Crippen LogP contribution in [0.5, 0.6) is 0 Å². The van der Waals surface area contributed by atoms with Gasteiger partial charge in [-0.1, -0.05) is 6.42 Å². The fourth-order valence-corrected chi connectivity index (χ4v) is 2.81. The van der Waals surface area contributed by atoms with Crippen LogP contribution < -0.4 is 16.0 Å². The minimum absolute atomic E-state index is 0. The SMILES string of the molecule is CCNC(=NCc1nnc2n1CCCCC2)NCCNC(=O)OC(C)(C)C.I. The molecule has 1 aromatic rings. The molecule has 0 unspecified atom stereocenters. The van der Waals surface area contributed by atoms with Crippen LogP contribution in [-0.4, -0.2) is 52.1 Å². The maximum atomic E-state index is 11.6. The lowest BCUT2D eigenvalue weighted by Gasteiger charge is -2.19. The molecule has 1 aliphatic heterocycles. The monoisotopic (exact) mass is 507 g/mol. The quantitative estimate of drug-likeness (QED) is 0.236. The van der Waals surface area contributed by atoms with E-state index in [9.17, 15) is 4.79 Å². The van der Waals surface area contributed by atoms with E-state index >= 15 is 0 Å². The van der Waals surface area contributed by atoms with Gasteiger partial charge in [0.05, 0.1) is 0 Å². The molecule has 0 atom stereocenters. The molecule has 160 valence electrons. The summed E-state index contributed by atoms with van der Waals surface area (Å²) in [6.45, 7) is 10.7. The van der Waals surface area contributed by atoms with Crippen molar-refractivity contribution in [2.45, 2.75) is 72.1 Å². The maximum Gasteiger partial charge on any atom is 0.407 e. The van der Waals surface area contributed by atoms with Crippen LogP contribution in [0, 0.1) is 0 Å². The molecule has 0 aliphatic carbocycles. The fourth-order valence-electron chi connectivity index (χ4n) is 2.81. The predicted octanol–water partition coefficient (Wildman–Crippen LogP) is 2.20. The first-order valence-electron chi connectivity index (χ1n) is 9.79. The molecule has 0 aromatic carbocycles. The number of carbonyl (C=O) groups is 1. The first-order chi connectivity index (χ1) is 12.9. The van der Waals surface area contributed by atoms with Crippen LogP contribution in [0.2, 0.25) is 0 Å². The highest BCUT2D eigenvalue weighted by molar-refractivity contribution is 14.0. The van der Waals surface area contributed by atoms with Crippen molar-refractivity contribution in [3.63, 3.8) is 0 Å². The van der Waals surface area contributed by atoms with Gasteiger partial charge < -0.3 is 25.3 Å². The molecule has 28 heavy (non-hydrogen) atoms. The number of guanidine groups is 1. The van der Waals surface area contributed by atoms with Crippen molar-refractivity contribution in [3.05, 3.63) is 11.6 Å². The second kappa shape index (κ2) is 12.1. The summed E-state index contributed by atoms with van der Waals surface area (Å²) in [5, 5.41) is 17.7. The Labute approximate surface area is 184 Å². The molecule has 9 nitrogen and oxygen atoms in total. The zero-order valence-corrected chi connectivity index (χ0v) is 19.7. The van der Waals surface area contributed by atoms with E-state index in [0.717, 1.165) is 37.6 Å². The van der Waals surface area contributed by atoms with E-state index < -0.39 is 11.7 Å². The fraction of sp³-hybridized carbons (Fsp3) is 0.778. The molecule has 1 aliphatic rings. The molecule has 3 N–H and O–H groups in total. The van der Waals surface area contributed by atoms with Crippen molar-refractivity contribution < 1.29 is 9.53 Å². The molecule has 0 fully saturated rings. The highest BCUT2D eigenvalue weighted by atomic mass is 127. The second-order valence-electron chi connectivity index (χ2n) is 7.55. The average molecular weight is 507 g/mol. The van der Waals surface area contributed by atoms with Crippen molar-refractivity contribution >= 4 is 36.0 Å². The van der Waals surface area contributed by atoms with Crippen molar-refractivity contribution in [2.75, 3.05) is 19.6 Å². The zero-order chi connectivity index (χ0) is 19.7. The molecule has 2 rings (SSSR count). The number of aromatic nitrogens is 3. The highest BCUT2D eigenvalue weighted by Gasteiger charge is 2.16. The third-order valence-electron chi connectivity index (χ3n) is 3.99. The minimum atomic E-state index is -0.496. The normalized spacial score (nSPS) is 14.4. The van der Waals surface area contributed by atoms with Gasteiger partial charge in [0.2, 0.25) is 0 Å². The van der Waals surface area contributed by atoms with Gasteiger partial charge in [0, 0.05) is 32.6 Å². The Bertz CT molecular complexity index is 640. The average Bonchev–Trinajstić information content (AvgIpc) is 2.81. The van der Waals surface area contributed by atoms with E-state index in [0.29, 0.717) is 25.6 Å². The van der Waals surface area contributed by atoms with Gasteiger partial charge in [-0.2, -0.15) is 0 Å². The summed E-state index contributed by atoms with van der Waals surface area (Å²) in [4.78, 5) is 16.2. The van der Waals surface area contributed by atoms with Crippen LogP contribution in [0.15, 0.2) is 4.99 Å². The Balaban J connectivity index is 0.00000392. The number of rotatable bonds is 6. The number of aryl methyl sites for hydroxylation is 1. The number of alkyl carbamates (subject to hydrolysis) is 1. The Hall–Kier alpha value is -1.59. The van der Waals surface area contributed by atoms with Crippen LogP contribution >= 0.6 is 24.0 Å². The molecule has 0 saturated carbocycles. The van der Waals surface area contributed by atoms with Gasteiger partial charge in [0.15, 0.2) is 11.8 Å². The van der Waals surface area contributed by atoms with E-state index in [1.54, 1.807) is 0 Å². The largest absolute Gasteiger partial charge is 0.444 e. The van der Waals surface area contributed by atoms with Crippen molar-refractivity contribution in [3.8, 4) is 0 Å². The number of nitrogens with zero attached hydrogens (tertiary/aromatic N) is 4. The van der Waals surface area contributed by atoms with Crippen molar-refractivity contribution in [2.24, 2.45) is 4.99 Å². The summed E-state index contributed by atoms with van der Waals surface area (Å²) in [5.41, 5.74) is -0.496. The number of fused-ring (bicyclic) bond motifs is 1. The lowest BCUT2D eigenvalue weighted by atomic mass is 10.2. The summed E-state index contributed by atoms with van der Waals surface area (Å²) in [6.07, 6.45) is 4.15. The van der Waals surface area contributed by atoms with Gasteiger partial charge in [-0.25, -0.2) is 9.79 Å². The number of carbonyl (C=O) groups excluding carboxylic acids is 1. The number of aliphatic imine (C=N–C) groups is 1. The van der Waals surface area contributed by atoms with Crippen molar-refractivity contribution in [1.82, 2.24) is 30.7 Å². The molecule has 1 amide bonds. The van der Waals surface area contributed by atoms with E-state index in [2.05, 4.69) is 35.7 Å². The van der Waals surface area contributed by atoms with Gasteiger partial charge in [0.1, 0.15) is 18.0 Å². The number of halogens is 1. The summed E-state index contributed by atoms with van der Waals surface area (Å²) < 4.78 is 7.41. The van der Waals surface area contributed by atoms with E-state index in [1.807, 2.05) is 27.7 Å². The Morgan fingerprint density at radius 3 is 2.61 bits per heavy atom. The Morgan fingerprint density at radius 1 is 1.14 bits per heavy atom. The van der Waals surface area contributed by atoms with Gasteiger partial charge in [0.25, 0.3) is 0 Å². The number of nitrogens with one attached hydrogen (secondary N) is 3. The number of hydrogen-bond donors (Lipinski definition) is 3. The van der Waals surface area contributed by atoms with Crippen LogP contribution in [0.4, 0.5) is 4.79 Å². The molecule has 0 spiro atoms. The first-order valence-corrected chi connectivity index (χ1v) is 9.79. The van der Waals surface area contributed by atoms with Crippen LogP contribution in [0.1, 0.15) is 58.6 Å². The molecule has 2 heterocycles. The van der Waals surface area contributed by atoms with Gasteiger partial charge in [-0.15, -0.1) is 34.2 Å². The molecule has 0 bridgehead atoms. The minimum Gasteiger partial charge on any atom is -0.444 e. The van der Waals surface area contributed by atoms with Gasteiger partial charge in [-0.05, 0) is 40.5 Å². The predicted molar refractivity (Wildman–Crippen MR) is 120 cm³/mol. The molecule has 0 radical (unpaired) electrons. The Morgan fingerprint density at radius 2 is 1.89 bits per heavy atom. The standard InChI is InChI=1S/C18H33N7O2.HI/c1-5-19-16(20-10-11-21-17(26)27-18(2,3)4)22-13-15-24-23-14-9-7-6-8-12-25(14)15;/h5-13H2,1-4H3,(H,21,26)(H2,19,20,22);1H. The molecule has 1 aromatic heterocycles. The van der Waals surface area contributed by atoms with Crippen LogP contribution in [0.3, 0.4) is 0 Å². The summed E-state index contributed by atoms with van der Waals surface area (Å²) in [7, 11) is 0. The third kappa shape index (κ3) is 8.61. The third-order valence-corrected chi connectivity index (χ3v) is 3.99. The number of ether oxygens (including phenoxy) is 1. The number of hydrogen-bond acceptors (Lipinski definition) is 5. The van der Waals surface area contributed by atoms with E-state index in [4.69, 9.17) is 4.74 Å².